The summed E-state index contributed by atoms with van der Waals surface area (Å²) in [6.07, 6.45) is 4.94. The summed E-state index contributed by atoms with van der Waals surface area (Å²) < 4.78 is 11.0. The number of nitrogens with zero attached hydrogens (tertiary/aromatic N) is 2. The minimum absolute atomic E-state index is 0. The topological polar surface area (TPSA) is 58.0 Å². The van der Waals surface area contributed by atoms with E-state index in [9.17, 15) is 4.79 Å². The first-order valence-corrected chi connectivity index (χ1v) is 8.72. The van der Waals surface area contributed by atoms with Crippen molar-refractivity contribution >= 4 is 30.7 Å². The highest BCUT2D eigenvalue weighted by Gasteiger charge is 2.38. The summed E-state index contributed by atoms with van der Waals surface area (Å²) in [4.78, 5) is 17.3. The number of fused-ring (bicyclic) bond motifs is 2. The van der Waals surface area contributed by atoms with Crippen LogP contribution in [0.3, 0.4) is 0 Å². The van der Waals surface area contributed by atoms with E-state index >= 15 is 0 Å². The van der Waals surface area contributed by atoms with E-state index in [1.54, 1.807) is 6.26 Å². The average Bonchev–Trinajstić information content (AvgIpc) is 3.11. The predicted octanol–water partition coefficient (Wildman–Crippen LogP) is 1.92. The minimum atomic E-state index is 0. The second-order valence-electron chi connectivity index (χ2n) is 6.78. The van der Waals surface area contributed by atoms with Crippen molar-refractivity contribution in [3.8, 4) is 0 Å². The third-order valence-corrected chi connectivity index (χ3v) is 5.27. The predicted molar refractivity (Wildman–Crippen MR) is 99.8 cm³/mol. The molecule has 4 heterocycles. The van der Waals surface area contributed by atoms with Crippen LogP contribution in [0.4, 0.5) is 0 Å². The molecule has 1 aromatic heterocycles. The summed E-state index contributed by atoms with van der Waals surface area (Å²) in [5, 5.41) is 3.44. The number of nitrogens with one attached hydrogen (secondary N) is 1. The van der Waals surface area contributed by atoms with Gasteiger partial charge in [-0.15, -0.1) is 24.8 Å². The Kier molecular flexibility index (Phi) is 7.58. The second kappa shape index (κ2) is 9.24. The van der Waals surface area contributed by atoms with Gasteiger partial charge in [0.2, 0.25) is 0 Å². The van der Waals surface area contributed by atoms with Gasteiger partial charge >= 0.3 is 0 Å². The van der Waals surface area contributed by atoms with Crippen LogP contribution in [-0.2, 0) is 11.3 Å². The van der Waals surface area contributed by atoms with E-state index in [0.29, 0.717) is 17.6 Å². The number of ether oxygens (including phenoxy) is 1. The Balaban J connectivity index is 0.00000113. The Labute approximate surface area is 161 Å². The summed E-state index contributed by atoms with van der Waals surface area (Å²) in [6, 6.07) is 2.66. The summed E-state index contributed by atoms with van der Waals surface area (Å²) in [5.41, 5.74) is 0.701. The molecule has 3 fully saturated rings. The second-order valence-corrected chi connectivity index (χ2v) is 6.78. The minimum Gasteiger partial charge on any atom is -0.467 e. The standard InChI is InChI=1S/C17H25N3O3.2ClH/c21-17(20-14-1-2-15(20)10-18-4-3-14)13-9-16(23-12-13)11-19-5-7-22-8-6-19;;/h9,12,14-15,18H,1-8,10-11H2;2*1H/t14-,15+;;/m1../s1. The maximum absolute atomic E-state index is 12.9. The highest BCUT2D eigenvalue weighted by atomic mass is 35.5. The largest absolute Gasteiger partial charge is 0.467 e. The van der Waals surface area contributed by atoms with Crippen molar-refractivity contribution < 1.29 is 13.9 Å². The van der Waals surface area contributed by atoms with Crippen molar-refractivity contribution in [2.75, 3.05) is 39.4 Å². The number of carbonyl (C=O) groups is 1. The van der Waals surface area contributed by atoms with Crippen LogP contribution in [0.5, 0.6) is 0 Å². The zero-order chi connectivity index (χ0) is 15.6. The van der Waals surface area contributed by atoms with Gasteiger partial charge in [0.15, 0.2) is 0 Å². The normalized spacial score (nSPS) is 26.5. The molecule has 25 heavy (non-hydrogen) atoms. The van der Waals surface area contributed by atoms with Crippen LogP contribution in [0.1, 0.15) is 35.4 Å². The Bertz CT molecular complexity index is 549. The highest BCUT2D eigenvalue weighted by Crippen LogP contribution is 2.30. The summed E-state index contributed by atoms with van der Waals surface area (Å²) in [6.45, 7) is 6.08. The molecule has 3 saturated heterocycles. The third kappa shape index (κ3) is 4.49. The smallest absolute Gasteiger partial charge is 0.257 e. The number of hydrogen-bond acceptors (Lipinski definition) is 5. The maximum Gasteiger partial charge on any atom is 0.257 e. The number of rotatable bonds is 3. The first-order valence-electron chi connectivity index (χ1n) is 8.72. The molecule has 0 spiro atoms. The summed E-state index contributed by atoms with van der Waals surface area (Å²) in [7, 11) is 0. The number of morpholine rings is 1. The van der Waals surface area contributed by atoms with Crippen LogP contribution < -0.4 is 5.32 Å². The van der Waals surface area contributed by atoms with Crippen molar-refractivity contribution in [2.45, 2.75) is 37.9 Å². The molecule has 8 heteroatoms. The van der Waals surface area contributed by atoms with Gasteiger partial charge in [0, 0.05) is 31.7 Å². The summed E-state index contributed by atoms with van der Waals surface area (Å²) in [5.74, 6) is 1.01. The molecular formula is C17H27Cl2N3O3. The summed E-state index contributed by atoms with van der Waals surface area (Å²) >= 11 is 0. The molecule has 142 valence electrons. The van der Waals surface area contributed by atoms with E-state index in [-0.39, 0.29) is 30.7 Å². The highest BCUT2D eigenvalue weighted by molar-refractivity contribution is 5.94. The van der Waals surface area contributed by atoms with Gasteiger partial charge in [0.05, 0.1) is 25.3 Å². The van der Waals surface area contributed by atoms with Gasteiger partial charge in [-0.05, 0) is 31.9 Å². The molecule has 3 aliphatic rings. The molecule has 0 aromatic carbocycles. The van der Waals surface area contributed by atoms with Crippen LogP contribution in [0, 0.1) is 0 Å². The number of furan rings is 1. The Morgan fingerprint density at radius 1 is 1.16 bits per heavy atom. The first-order chi connectivity index (χ1) is 11.3. The van der Waals surface area contributed by atoms with Crippen LogP contribution in [-0.4, -0.2) is 67.2 Å². The fourth-order valence-electron chi connectivity index (χ4n) is 4.02. The quantitative estimate of drug-likeness (QED) is 0.852. The molecule has 0 unspecified atom stereocenters. The lowest BCUT2D eigenvalue weighted by Gasteiger charge is -2.27. The molecule has 1 amide bonds. The molecular weight excluding hydrogens is 365 g/mol. The van der Waals surface area contributed by atoms with Crippen LogP contribution >= 0.6 is 24.8 Å². The van der Waals surface area contributed by atoms with Crippen molar-refractivity contribution in [1.29, 1.82) is 0 Å². The van der Waals surface area contributed by atoms with E-state index < -0.39 is 0 Å². The fraction of sp³-hybridized carbons (Fsp3) is 0.706. The van der Waals surface area contributed by atoms with E-state index in [4.69, 9.17) is 9.15 Å². The first kappa shape index (κ1) is 20.5. The molecule has 2 bridgehead atoms. The Morgan fingerprint density at radius 3 is 2.72 bits per heavy atom. The fourth-order valence-corrected chi connectivity index (χ4v) is 4.02. The van der Waals surface area contributed by atoms with E-state index in [1.807, 2.05) is 6.07 Å². The van der Waals surface area contributed by atoms with Gasteiger partial charge in [-0.25, -0.2) is 0 Å². The van der Waals surface area contributed by atoms with Gasteiger partial charge in [-0.1, -0.05) is 0 Å². The van der Waals surface area contributed by atoms with Gasteiger partial charge in [0.25, 0.3) is 5.91 Å². The number of hydrogen-bond donors (Lipinski definition) is 1. The van der Waals surface area contributed by atoms with Crippen molar-refractivity contribution in [3.63, 3.8) is 0 Å². The Morgan fingerprint density at radius 2 is 1.92 bits per heavy atom. The number of carbonyl (C=O) groups excluding carboxylic acids is 1. The zero-order valence-corrected chi connectivity index (χ0v) is 15.9. The van der Waals surface area contributed by atoms with E-state index in [2.05, 4.69) is 15.1 Å². The van der Waals surface area contributed by atoms with Gasteiger partial charge in [0.1, 0.15) is 12.0 Å². The van der Waals surface area contributed by atoms with Crippen LogP contribution in [0.2, 0.25) is 0 Å². The molecule has 1 N–H and O–H groups in total. The molecule has 1 aromatic rings. The lowest BCUT2D eigenvalue weighted by atomic mass is 10.1. The van der Waals surface area contributed by atoms with Crippen molar-refractivity contribution in [3.05, 3.63) is 23.7 Å². The van der Waals surface area contributed by atoms with Gasteiger partial charge < -0.3 is 19.4 Å². The lowest BCUT2D eigenvalue weighted by molar-refractivity contribution is 0.0313. The van der Waals surface area contributed by atoms with Crippen molar-refractivity contribution in [2.24, 2.45) is 0 Å². The van der Waals surface area contributed by atoms with Gasteiger partial charge in [-0.3, -0.25) is 9.69 Å². The lowest BCUT2D eigenvalue weighted by Crippen LogP contribution is -2.42. The van der Waals surface area contributed by atoms with Crippen LogP contribution in [0.25, 0.3) is 0 Å². The molecule has 2 atom stereocenters. The molecule has 6 nitrogen and oxygen atoms in total. The number of halogens is 2. The zero-order valence-electron chi connectivity index (χ0n) is 14.3. The Hall–Kier alpha value is -0.790. The molecule has 0 radical (unpaired) electrons. The molecule has 0 aliphatic carbocycles. The maximum atomic E-state index is 12.9. The molecule has 0 saturated carbocycles. The molecule has 4 rings (SSSR count). The SMILES string of the molecule is Cl.Cl.O=C(c1coc(CN2CCOCC2)c1)N1[C@H]2CCNC[C@@H]1CC2. The molecule has 3 aliphatic heterocycles. The monoisotopic (exact) mass is 391 g/mol. The van der Waals surface area contributed by atoms with Crippen molar-refractivity contribution in [1.82, 2.24) is 15.1 Å². The van der Waals surface area contributed by atoms with Gasteiger partial charge in [-0.2, -0.15) is 0 Å². The average molecular weight is 392 g/mol. The van der Waals surface area contributed by atoms with E-state index in [0.717, 1.165) is 71.0 Å². The number of amides is 1. The third-order valence-electron chi connectivity index (χ3n) is 5.27. The van der Waals surface area contributed by atoms with E-state index in [1.165, 1.54) is 0 Å². The van der Waals surface area contributed by atoms with Crippen LogP contribution in [0.15, 0.2) is 16.7 Å².